The molecule has 0 saturated carbocycles. The molecule has 74 valence electrons. The van der Waals surface area contributed by atoms with Crippen molar-refractivity contribution in [2.75, 3.05) is 13.1 Å². The first-order valence-corrected chi connectivity index (χ1v) is 5.27. The lowest BCUT2D eigenvalue weighted by Crippen LogP contribution is -2.14. The number of hydrogen-bond acceptors (Lipinski definition) is 1. The molecule has 0 aromatic heterocycles. The molecule has 0 rings (SSSR count). The summed E-state index contributed by atoms with van der Waals surface area (Å²) in [5, 5.41) is 3.35. The average molecular weight is 171 g/mol. The van der Waals surface area contributed by atoms with E-state index in [1.54, 1.807) is 0 Å². The standard InChI is InChI=1S/C11H25N/c1-5-12-10-8-6-7-9-11(2,3)4/h12H,5-10H2,1-4H3. The Balaban J connectivity index is 3.01. The van der Waals surface area contributed by atoms with Crippen molar-refractivity contribution in [3.63, 3.8) is 0 Å². The molecule has 0 radical (unpaired) electrons. The van der Waals surface area contributed by atoms with Crippen molar-refractivity contribution < 1.29 is 0 Å². The molecule has 12 heavy (non-hydrogen) atoms. The maximum atomic E-state index is 3.35. The third-order valence-corrected chi connectivity index (χ3v) is 2.03. The van der Waals surface area contributed by atoms with Crippen molar-refractivity contribution in [3.8, 4) is 0 Å². The maximum absolute atomic E-state index is 3.35. The highest BCUT2D eigenvalue weighted by molar-refractivity contribution is 4.61. The molecule has 0 atom stereocenters. The SMILES string of the molecule is CCNCCCCCC(C)(C)C. The predicted octanol–water partition coefficient (Wildman–Crippen LogP) is 3.20. The van der Waals surface area contributed by atoms with Crippen LogP contribution in [0.5, 0.6) is 0 Å². The smallest absolute Gasteiger partial charge is 0.00490 e. The Bertz CT molecular complexity index is 91.7. The van der Waals surface area contributed by atoms with E-state index in [1.807, 2.05) is 0 Å². The number of rotatable bonds is 6. The molecular formula is C11H25N. The van der Waals surface area contributed by atoms with Crippen molar-refractivity contribution in [2.45, 2.75) is 53.4 Å². The van der Waals surface area contributed by atoms with Gasteiger partial charge in [-0.05, 0) is 31.3 Å². The van der Waals surface area contributed by atoms with Crippen LogP contribution in [0.4, 0.5) is 0 Å². The maximum Gasteiger partial charge on any atom is -0.00490 e. The van der Waals surface area contributed by atoms with Crippen molar-refractivity contribution in [1.29, 1.82) is 0 Å². The van der Waals surface area contributed by atoms with Crippen LogP contribution in [0.15, 0.2) is 0 Å². The first-order valence-electron chi connectivity index (χ1n) is 5.27. The minimum absolute atomic E-state index is 0.526. The molecular weight excluding hydrogens is 146 g/mol. The van der Waals surface area contributed by atoms with Crippen LogP contribution < -0.4 is 5.32 Å². The van der Waals surface area contributed by atoms with Gasteiger partial charge in [0.15, 0.2) is 0 Å². The van der Waals surface area contributed by atoms with Crippen molar-refractivity contribution in [1.82, 2.24) is 5.32 Å². The second-order valence-corrected chi connectivity index (χ2v) is 4.72. The van der Waals surface area contributed by atoms with Gasteiger partial charge in [-0.3, -0.25) is 0 Å². The lowest BCUT2D eigenvalue weighted by molar-refractivity contribution is 0.357. The molecule has 1 nitrogen and oxygen atoms in total. The van der Waals surface area contributed by atoms with Crippen LogP contribution in [-0.2, 0) is 0 Å². The second kappa shape index (κ2) is 6.47. The minimum Gasteiger partial charge on any atom is -0.317 e. The Hall–Kier alpha value is -0.0400. The summed E-state index contributed by atoms with van der Waals surface area (Å²) in [5.41, 5.74) is 0.526. The third-order valence-electron chi connectivity index (χ3n) is 2.03. The molecule has 0 unspecified atom stereocenters. The Morgan fingerprint density at radius 3 is 2.17 bits per heavy atom. The molecule has 0 bridgehead atoms. The van der Waals surface area contributed by atoms with E-state index >= 15 is 0 Å². The van der Waals surface area contributed by atoms with E-state index in [-0.39, 0.29) is 0 Å². The average Bonchev–Trinajstić information content (AvgIpc) is 1.94. The summed E-state index contributed by atoms with van der Waals surface area (Å²) in [6, 6.07) is 0. The van der Waals surface area contributed by atoms with Crippen LogP contribution in [-0.4, -0.2) is 13.1 Å². The van der Waals surface area contributed by atoms with E-state index in [2.05, 4.69) is 33.0 Å². The molecule has 1 N–H and O–H groups in total. The summed E-state index contributed by atoms with van der Waals surface area (Å²) < 4.78 is 0. The van der Waals surface area contributed by atoms with Gasteiger partial charge in [0, 0.05) is 0 Å². The molecule has 0 spiro atoms. The molecule has 0 heterocycles. The molecule has 0 fully saturated rings. The summed E-state index contributed by atoms with van der Waals surface area (Å²) in [6.07, 6.45) is 5.46. The second-order valence-electron chi connectivity index (χ2n) is 4.72. The number of nitrogens with one attached hydrogen (secondary N) is 1. The van der Waals surface area contributed by atoms with E-state index < -0.39 is 0 Å². The highest BCUT2D eigenvalue weighted by Gasteiger charge is 2.08. The van der Waals surface area contributed by atoms with E-state index in [1.165, 1.54) is 32.2 Å². The van der Waals surface area contributed by atoms with Crippen LogP contribution in [0, 0.1) is 5.41 Å². The number of hydrogen-bond donors (Lipinski definition) is 1. The Labute approximate surface area is 77.9 Å². The quantitative estimate of drug-likeness (QED) is 0.605. The van der Waals surface area contributed by atoms with Gasteiger partial charge in [-0.25, -0.2) is 0 Å². The van der Waals surface area contributed by atoms with Gasteiger partial charge in [0.05, 0.1) is 0 Å². The monoisotopic (exact) mass is 171 g/mol. The highest BCUT2D eigenvalue weighted by Crippen LogP contribution is 2.21. The van der Waals surface area contributed by atoms with Crippen LogP contribution in [0.3, 0.4) is 0 Å². The number of unbranched alkanes of at least 4 members (excludes halogenated alkanes) is 2. The van der Waals surface area contributed by atoms with E-state index in [4.69, 9.17) is 0 Å². The predicted molar refractivity (Wildman–Crippen MR) is 56.5 cm³/mol. The van der Waals surface area contributed by atoms with Crippen molar-refractivity contribution in [2.24, 2.45) is 5.41 Å². The largest absolute Gasteiger partial charge is 0.317 e. The highest BCUT2D eigenvalue weighted by atomic mass is 14.8. The summed E-state index contributed by atoms with van der Waals surface area (Å²) in [7, 11) is 0. The van der Waals surface area contributed by atoms with E-state index in [0.717, 1.165) is 6.54 Å². The zero-order valence-corrected chi connectivity index (χ0v) is 9.24. The van der Waals surface area contributed by atoms with E-state index in [0.29, 0.717) is 5.41 Å². The van der Waals surface area contributed by atoms with E-state index in [9.17, 15) is 0 Å². The molecule has 0 aromatic rings. The summed E-state index contributed by atoms with van der Waals surface area (Å²) in [6.45, 7) is 11.4. The zero-order valence-electron chi connectivity index (χ0n) is 9.24. The van der Waals surface area contributed by atoms with Crippen LogP contribution in [0.2, 0.25) is 0 Å². The normalized spacial score (nSPS) is 12.0. The van der Waals surface area contributed by atoms with Crippen LogP contribution >= 0.6 is 0 Å². The summed E-state index contributed by atoms with van der Waals surface area (Å²) in [5.74, 6) is 0. The van der Waals surface area contributed by atoms with Gasteiger partial charge in [-0.1, -0.05) is 40.5 Å². The zero-order chi connectivity index (χ0) is 9.45. The summed E-state index contributed by atoms with van der Waals surface area (Å²) >= 11 is 0. The molecule has 0 aliphatic rings. The van der Waals surface area contributed by atoms with Crippen LogP contribution in [0.25, 0.3) is 0 Å². The minimum atomic E-state index is 0.526. The van der Waals surface area contributed by atoms with Crippen LogP contribution in [0.1, 0.15) is 53.4 Å². The molecule has 1 heteroatoms. The Morgan fingerprint density at radius 2 is 1.67 bits per heavy atom. The van der Waals surface area contributed by atoms with Gasteiger partial charge in [0.1, 0.15) is 0 Å². The Kier molecular flexibility index (Phi) is 6.45. The molecule has 0 aromatic carbocycles. The summed E-state index contributed by atoms with van der Waals surface area (Å²) in [4.78, 5) is 0. The fourth-order valence-electron chi connectivity index (χ4n) is 1.26. The fraction of sp³-hybridized carbons (Fsp3) is 1.00. The Morgan fingerprint density at radius 1 is 1.00 bits per heavy atom. The molecule has 0 aliphatic heterocycles. The lowest BCUT2D eigenvalue weighted by Gasteiger charge is -2.17. The topological polar surface area (TPSA) is 12.0 Å². The molecule has 0 saturated heterocycles. The van der Waals surface area contributed by atoms with Gasteiger partial charge in [0.2, 0.25) is 0 Å². The molecule has 0 amide bonds. The van der Waals surface area contributed by atoms with Gasteiger partial charge in [0.25, 0.3) is 0 Å². The first-order chi connectivity index (χ1) is 5.56. The van der Waals surface area contributed by atoms with Crippen molar-refractivity contribution in [3.05, 3.63) is 0 Å². The van der Waals surface area contributed by atoms with Gasteiger partial charge in [-0.2, -0.15) is 0 Å². The lowest BCUT2D eigenvalue weighted by atomic mass is 9.89. The van der Waals surface area contributed by atoms with Crippen molar-refractivity contribution >= 4 is 0 Å². The first kappa shape index (κ1) is 12.0. The van der Waals surface area contributed by atoms with Gasteiger partial charge < -0.3 is 5.32 Å². The van der Waals surface area contributed by atoms with Gasteiger partial charge in [-0.15, -0.1) is 0 Å². The third kappa shape index (κ3) is 9.96. The fourth-order valence-corrected chi connectivity index (χ4v) is 1.26. The van der Waals surface area contributed by atoms with Gasteiger partial charge >= 0.3 is 0 Å². The molecule has 0 aliphatic carbocycles.